The molecule has 1 aromatic rings. The second kappa shape index (κ2) is 4.77. The van der Waals surface area contributed by atoms with Gasteiger partial charge in [0.15, 0.2) is 11.5 Å². The molecule has 0 fully saturated rings. The molecule has 1 heterocycles. The number of ether oxygens (including phenoxy) is 2. The monoisotopic (exact) mass is 226 g/mol. The predicted molar refractivity (Wildman–Crippen MR) is 60.4 cm³/mol. The van der Waals surface area contributed by atoms with Gasteiger partial charge in [0.25, 0.3) is 0 Å². The molecule has 1 atom stereocenters. The minimum atomic E-state index is 0.217. The van der Waals surface area contributed by atoms with Gasteiger partial charge in [0.1, 0.15) is 0 Å². The lowest BCUT2D eigenvalue weighted by atomic mass is 10.2. The lowest BCUT2D eigenvalue weighted by molar-refractivity contribution is 0.174. The van der Waals surface area contributed by atoms with Crippen LogP contribution in [0.4, 0.5) is 0 Å². The second-order valence-electron chi connectivity index (χ2n) is 3.49. The molecule has 2 rings (SSSR count). The molecule has 82 valence electrons. The van der Waals surface area contributed by atoms with Crippen LogP contribution in [0.5, 0.6) is 11.5 Å². The summed E-state index contributed by atoms with van der Waals surface area (Å²) >= 11 is 1.73. The minimum absolute atomic E-state index is 0.217. The zero-order chi connectivity index (χ0) is 10.7. The number of rotatable bonds is 4. The fourth-order valence-corrected chi connectivity index (χ4v) is 2.08. The van der Waals surface area contributed by atoms with Gasteiger partial charge in [0, 0.05) is 11.0 Å². The maximum atomic E-state index is 8.90. The minimum Gasteiger partial charge on any atom is -0.454 e. The van der Waals surface area contributed by atoms with Crippen molar-refractivity contribution in [2.45, 2.75) is 17.9 Å². The number of hydrogen-bond donors (Lipinski definition) is 1. The van der Waals surface area contributed by atoms with Crippen LogP contribution in [-0.2, 0) is 5.75 Å². The molecule has 1 aromatic carbocycles. The van der Waals surface area contributed by atoms with Crippen LogP contribution in [0.3, 0.4) is 0 Å². The van der Waals surface area contributed by atoms with Gasteiger partial charge in [-0.2, -0.15) is 11.8 Å². The van der Waals surface area contributed by atoms with E-state index in [4.69, 9.17) is 14.6 Å². The van der Waals surface area contributed by atoms with Gasteiger partial charge in [0.05, 0.1) is 6.61 Å². The summed E-state index contributed by atoms with van der Waals surface area (Å²) in [6.07, 6.45) is 0. The molecule has 0 aliphatic carbocycles. The van der Waals surface area contributed by atoms with Crippen molar-refractivity contribution >= 4 is 11.8 Å². The fourth-order valence-electron chi connectivity index (χ4n) is 1.32. The largest absolute Gasteiger partial charge is 0.454 e. The molecule has 0 spiro atoms. The first-order valence-electron chi connectivity index (χ1n) is 4.90. The van der Waals surface area contributed by atoms with Crippen LogP contribution in [0.2, 0.25) is 0 Å². The summed E-state index contributed by atoms with van der Waals surface area (Å²) < 4.78 is 10.5. The molecule has 1 aliphatic rings. The number of aliphatic hydroxyl groups excluding tert-OH is 1. The van der Waals surface area contributed by atoms with Crippen molar-refractivity contribution in [3.8, 4) is 11.5 Å². The lowest BCUT2D eigenvalue weighted by Crippen LogP contribution is -2.02. The van der Waals surface area contributed by atoms with E-state index in [1.54, 1.807) is 11.8 Å². The highest BCUT2D eigenvalue weighted by atomic mass is 32.2. The van der Waals surface area contributed by atoms with E-state index in [1.165, 1.54) is 5.56 Å². The van der Waals surface area contributed by atoms with E-state index in [0.717, 1.165) is 17.3 Å². The van der Waals surface area contributed by atoms with Gasteiger partial charge in [-0.25, -0.2) is 0 Å². The molecule has 0 aromatic heterocycles. The highest BCUT2D eigenvalue weighted by Gasteiger charge is 2.13. The Morgan fingerprint density at radius 3 is 3.00 bits per heavy atom. The van der Waals surface area contributed by atoms with Crippen LogP contribution in [0, 0.1) is 0 Å². The highest BCUT2D eigenvalue weighted by Crippen LogP contribution is 2.33. The topological polar surface area (TPSA) is 38.7 Å². The molecule has 0 bridgehead atoms. The summed E-state index contributed by atoms with van der Waals surface area (Å²) in [5.41, 5.74) is 1.20. The van der Waals surface area contributed by atoms with E-state index >= 15 is 0 Å². The predicted octanol–water partition coefficient (Wildman–Crippen LogP) is 2.03. The van der Waals surface area contributed by atoms with E-state index in [9.17, 15) is 0 Å². The Labute approximate surface area is 93.4 Å². The molecule has 3 nitrogen and oxygen atoms in total. The van der Waals surface area contributed by atoms with Gasteiger partial charge in [-0.3, -0.25) is 0 Å². The SMILES string of the molecule is CC(CO)SCc1ccc2c(c1)OCO2. The van der Waals surface area contributed by atoms with Gasteiger partial charge >= 0.3 is 0 Å². The summed E-state index contributed by atoms with van der Waals surface area (Å²) in [5, 5.41) is 9.18. The third-order valence-corrected chi connectivity index (χ3v) is 3.45. The van der Waals surface area contributed by atoms with Gasteiger partial charge in [0.2, 0.25) is 6.79 Å². The van der Waals surface area contributed by atoms with E-state index < -0.39 is 0 Å². The van der Waals surface area contributed by atoms with Crippen LogP contribution >= 0.6 is 11.8 Å². The molecular formula is C11H14O3S. The number of aliphatic hydroxyl groups is 1. The van der Waals surface area contributed by atoms with Crippen molar-refractivity contribution < 1.29 is 14.6 Å². The quantitative estimate of drug-likeness (QED) is 0.852. The first-order chi connectivity index (χ1) is 7.29. The summed E-state index contributed by atoms with van der Waals surface area (Å²) in [4.78, 5) is 0. The average molecular weight is 226 g/mol. The third kappa shape index (κ3) is 2.58. The highest BCUT2D eigenvalue weighted by molar-refractivity contribution is 7.99. The van der Waals surface area contributed by atoms with Crippen molar-refractivity contribution in [1.29, 1.82) is 0 Å². The number of fused-ring (bicyclic) bond motifs is 1. The summed E-state index contributed by atoms with van der Waals surface area (Å²) in [7, 11) is 0. The van der Waals surface area contributed by atoms with Crippen LogP contribution in [0.1, 0.15) is 12.5 Å². The Hall–Kier alpha value is -0.870. The zero-order valence-electron chi connectivity index (χ0n) is 8.60. The van der Waals surface area contributed by atoms with Crippen LogP contribution in [-0.4, -0.2) is 23.8 Å². The standard InChI is InChI=1S/C11H14O3S/c1-8(5-12)15-6-9-2-3-10-11(4-9)14-7-13-10/h2-4,8,12H,5-7H2,1H3. The Balaban J connectivity index is 1.98. The molecule has 0 amide bonds. The smallest absolute Gasteiger partial charge is 0.231 e. The summed E-state index contributed by atoms with van der Waals surface area (Å²) in [5.74, 6) is 2.53. The number of thioether (sulfide) groups is 1. The first-order valence-corrected chi connectivity index (χ1v) is 5.95. The average Bonchev–Trinajstić information content (AvgIpc) is 2.72. The van der Waals surface area contributed by atoms with E-state index in [1.807, 2.05) is 25.1 Å². The van der Waals surface area contributed by atoms with E-state index in [-0.39, 0.29) is 11.9 Å². The molecule has 1 N–H and O–H groups in total. The number of hydrogen-bond acceptors (Lipinski definition) is 4. The van der Waals surface area contributed by atoms with Gasteiger partial charge in [-0.05, 0) is 17.7 Å². The van der Waals surface area contributed by atoms with Crippen molar-refractivity contribution in [3.05, 3.63) is 23.8 Å². The van der Waals surface area contributed by atoms with Crippen molar-refractivity contribution in [2.24, 2.45) is 0 Å². The van der Waals surface area contributed by atoms with E-state index in [0.29, 0.717) is 6.79 Å². The van der Waals surface area contributed by atoms with Gasteiger partial charge in [-0.15, -0.1) is 0 Å². The molecule has 1 unspecified atom stereocenters. The van der Waals surface area contributed by atoms with Crippen LogP contribution < -0.4 is 9.47 Å². The molecule has 4 heteroatoms. The third-order valence-electron chi connectivity index (χ3n) is 2.23. The molecule has 0 radical (unpaired) electrons. The van der Waals surface area contributed by atoms with Crippen molar-refractivity contribution in [1.82, 2.24) is 0 Å². The normalized spacial score (nSPS) is 15.3. The lowest BCUT2D eigenvalue weighted by Gasteiger charge is -2.07. The van der Waals surface area contributed by atoms with Crippen molar-refractivity contribution in [2.75, 3.05) is 13.4 Å². The van der Waals surface area contributed by atoms with E-state index in [2.05, 4.69) is 0 Å². The number of benzene rings is 1. The zero-order valence-corrected chi connectivity index (χ0v) is 9.42. The van der Waals surface area contributed by atoms with Gasteiger partial charge < -0.3 is 14.6 Å². The van der Waals surface area contributed by atoms with Crippen LogP contribution in [0.25, 0.3) is 0 Å². The maximum Gasteiger partial charge on any atom is 0.231 e. The molecule has 1 aliphatic heterocycles. The summed E-state index contributed by atoms with van der Waals surface area (Å²) in [6, 6.07) is 5.96. The summed E-state index contributed by atoms with van der Waals surface area (Å²) in [6.45, 7) is 2.55. The van der Waals surface area contributed by atoms with Crippen molar-refractivity contribution in [3.63, 3.8) is 0 Å². The van der Waals surface area contributed by atoms with Gasteiger partial charge in [-0.1, -0.05) is 13.0 Å². The maximum absolute atomic E-state index is 8.90. The molecule has 15 heavy (non-hydrogen) atoms. The molecular weight excluding hydrogens is 212 g/mol. The Morgan fingerprint density at radius 1 is 1.40 bits per heavy atom. The second-order valence-corrected chi connectivity index (χ2v) is 4.92. The first kappa shape index (κ1) is 10.6. The molecule has 0 saturated carbocycles. The van der Waals surface area contributed by atoms with Crippen LogP contribution in [0.15, 0.2) is 18.2 Å². The Kier molecular flexibility index (Phi) is 3.38. The Morgan fingerprint density at radius 2 is 2.20 bits per heavy atom. The fraction of sp³-hybridized carbons (Fsp3) is 0.455. The molecule has 0 saturated heterocycles. The Bertz CT molecular complexity index is 341.